The number of aryl methyl sites for hydroxylation is 1. The highest BCUT2D eigenvalue weighted by Gasteiger charge is 2.32. The summed E-state index contributed by atoms with van der Waals surface area (Å²) < 4.78 is 11.3. The second kappa shape index (κ2) is 6.67. The van der Waals surface area contributed by atoms with Crippen LogP contribution >= 0.6 is 0 Å². The van der Waals surface area contributed by atoms with Crippen LogP contribution in [0.2, 0.25) is 0 Å². The van der Waals surface area contributed by atoms with Crippen molar-refractivity contribution in [3.05, 3.63) is 29.3 Å². The molecule has 0 aromatic heterocycles. The molecule has 2 fully saturated rings. The molecule has 3 rings (SSSR count). The number of carbonyl (C=O) groups is 1. The number of amides is 1. The summed E-state index contributed by atoms with van der Waals surface area (Å²) in [5.74, 6) is 1.06. The minimum absolute atomic E-state index is 0.259. The molecule has 0 unspecified atom stereocenters. The van der Waals surface area contributed by atoms with E-state index in [0.29, 0.717) is 11.5 Å². The lowest BCUT2D eigenvalue weighted by molar-refractivity contribution is 0.000114. The number of hydrogen-bond donors (Lipinski definition) is 1. The minimum Gasteiger partial charge on any atom is -0.490 e. The highest BCUT2D eigenvalue weighted by Crippen LogP contribution is 2.32. The monoisotopic (exact) mass is 304 g/mol. The fraction of sp³-hybridized carbons (Fsp3) is 0.588. The number of benzene rings is 1. The number of nitrogens with two attached hydrogens (primary N) is 1. The molecule has 0 radical (unpaired) electrons. The van der Waals surface area contributed by atoms with Gasteiger partial charge in [-0.15, -0.1) is 0 Å². The van der Waals surface area contributed by atoms with Crippen LogP contribution in [0.1, 0.15) is 28.8 Å². The quantitative estimate of drug-likeness (QED) is 0.897. The summed E-state index contributed by atoms with van der Waals surface area (Å²) in [4.78, 5) is 13.8. The Labute approximate surface area is 131 Å². The van der Waals surface area contributed by atoms with Crippen molar-refractivity contribution in [3.63, 3.8) is 0 Å². The van der Waals surface area contributed by atoms with Crippen molar-refractivity contribution in [3.8, 4) is 5.75 Å². The summed E-state index contributed by atoms with van der Waals surface area (Å²) in [6.45, 7) is 6.82. The molecule has 2 aliphatic rings. The highest BCUT2D eigenvalue weighted by molar-refractivity contribution is 5.94. The van der Waals surface area contributed by atoms with Gasteiger partial charge >= 0.3 is 0 Å². The molecule has 22 heavy (non-hydrogen) atoms. The zero-order valence-electron chi connectivity index (χ0n) is 13.1. The second-order valence-electron chi connectivity index (χ2n) is 6.33. The van der Waals surface area contributed by atoms with E-state index in [1.54, 1.807) is 6.07 Å². The lowest BCUT2D eigenvalue weighted by Crippen LogP contribution is -2.45. The molecule has 0 atom stereocenters. The number of rotatable bonds is 5. The van der Waals surface area contributed by atoms with E-state index in [4.69, 9.17) is 15.2 Å². The van der Waals surface area contributed by atoms with Crippen LogP contribution in [0.15, 0.2) is 18.2 Å². The first-order valence-electron chi connectivity index (χ1n) is 7.99. The molecule has 0 bridgehead atoms. The minimum atomic E-state index is -0.401. The summed E-state index contributed by atoms with van der Waals surface area (Å²) in [5.41, 5.74) is 6.81. The molecule has 5 heteroatoms. The van der Waals surface area contributed by atoms with Crippen molar-refractivity contribution in [2.24, 2.45) is 11.7 Å². The van der Waals surface area contributed by atoms with Gasteiger partial charge in [-0.2, -0.15) is 0 Å². The van der Waals surface area contributed by atoms with Crippen LogP contribution in [0.25, 0.3) is 0 Å². The summed E-state index contributed by atoms with van der Waals surface area (Å²) in [6.07, 6.45) is 2.42. The topological polar surface area (TPSA) is 64.8 Å². The first-order valence-corrected chi connectivity index (χ1v) is 7.99. The number of hydrogen-bond acceptors (Lipinski definition) is 4. The second-order valence-corrected chi connectivity index (χ2v) is 6.33. The van der Waals surface area contributed by atoms with Crippen molar-refractivity contribution in [2.75, 3.05) is 32.8 Å². The fourth-order valence-electron chi connectivity index (χ4n) is 3.20. The number of primary amides is 1. The van der Waals surface area contributed by atoms with Crippen LogP contribution in [-0.4, -0.2) is 49.8 Å². The molecule has 1 aliphatic heterocycles. The van der Waals surface area contributed by atoms with E-state index in [1.807, 2.05) is 19.1 Å². The van der Waals surface area contributed by atoms with Crippen LogP contribution in [0.3, 0.4) is 0 Å². The van der Waals surface area contributed by atoms with Crippen molar-refractivity contribution < 1.29 is 14.3 Å². The molecule has 2 N–H and O–H groups in total. The average Bonchev–Trinajstić information content (AvgIpc) is 2.47. The van der Waals surface area contributed by atoms with Crippen LogP contribution in [0.4, 0.5) is 0 Å². The van der Waals surface area contributed by atoms with Gasteiger partial charge in [0.25, 0.3) is 0 Å². The molecule has 1 aliphatic carbocycles. The maximum absolute atomic E-state index is 11.4. The third-order valence-corrected chi connectivity index (χ3v) is 4.59. The predicted octanol–water partition coefficient (Wildman–Crippen LogP) is 1.58. The molecular formula is C17H24N2O3. The molecule has 5 nitrogen and oxygen atoms in total. The van der Waals surface area contributed by atoms with Crippen molar-refractivity contribution in [1.29, 1.82) is 0 Å². The van der Waals surface area contributed by atoms with E-state index in [9.17, 15) is 4.79 Å². The molecule has 1 heterocycles. The smallest absolute Gasteiger partial charge is 0.249 e. The van der Waals surface area contributed by atoms with E-state index < -0.39 is 5.91 Å². The van der Waals surface area contributed by atoms with Gasteiger partial charge in [0.05, 0.1) is 19.3 Å². The lowest BCUT2D eigenvalue weighted by Gasteiger charge is -2.39. The van der Waals surface area contributed by atoms with Crippen molar-refractivity contribution in [1.82, 2.24) is 4.90 Å². The van der Waals surface area contributed by atoms with Gasteiger partial charge in [0.1, 0.15) is 5.75 Å². The number of ether oxygens (including phenoxy) is 2. The molecule has 1 saturated carbocycles. The molecule has 0 spiro atoms. The maximum Gasteiger partial charge on any atom is 0.249 e. The van der Waals surface area contributed by atoms with Crippen molar-refractivity contribution >= 4 is 5.91 Å². The van der Waals surface area contributed by atoms with Gasteiger partial charge < -0.3 is 15.2 Å². The predicted molar refractivity (Wildman–Crippen MR) is 84.1 cm³/mol. The van der Waals surface area contributed by atoms with Crippen LogP contribution in [0.5, 0.6) is 5.75 Å². The first kappa shape index (κ1) is 15.3. The maximum atomic E-state index is 11.4. The zero-order chi connectivity index (χ0) is 15.5. The molecule has 1 aromatic rings. The SMILES string of the molecule is Cc1ccc(OC2CC(CN3CCOCC3)C2)cc1C(N)=O. The van der Waals surface area contributed by atoms with Gasteiger partial charge in [-0.1, -0.05) is 6.07 Å². The third kappa shape index (κ3) is 3.59. The third-order valence-electron chi connectivity index (χ3n) is 4.59. The number of nitrogens with zero attached hydrogens (tertiary/aromatic N) is 1. The summed E-state index contributed by atoms with van der Waals surface area (Å²) >= 11 is 0. The zero-order valence-corrected chi connectivity index (χ0v) is 13.1. The summed E-state index contributed by atoms with van der Waals surface area (Å²) in [5, 5.41) is 0. The van der Waals surface area contributed by atoms with E-state index in [0.717, 1.165) is 57.0 Å². The van der Waals surface area contributed by atoms with Crippen molar-refractivity contribution in [2.45, 2.75) is 25.9 Å². The van der Waals surface area contributed by atoms with E-state index >= 15 is 0 Å². The van der Waals surface area contributed by atoms with Crippen LogP contribution in [-0.2, 0) is 4.74 Å². The lowest BCUT2D eigenvalue weighted by atomic mass is 9.81. The number of morpholine rings is 1. The van der Waals surface area contributed by atoms with Gasteiger partial charge in [0.15, 0.2) is 0 Å². The average molecular weight is 304 g/mol. The van der Waals surface area contributed by atoms with Gasteiger partial charge in [0.2, 0.25) is 5.91 Å². The Morgan fingerprint density at radius 2 is 2.09 bits per heavy atom. The van der Waals surface area contributed by atoms with E-state index in [-0.39, 0.29) is 6.10 Å². The first-order chi connectivity index (χ1) is 10.6. The molecule has 1 amide bonds. The van der Waals surface area contributed by atoms with Crippen LogP contribution in [0, 0.1) is 12.8 Å². The van der Waals surface area contributed by atoms with E-state index in [2.05, 4.69) is 4.90 Å². The Morgan fingerprint density at radius 3 is 2.77 bits per heavy atom. The molecule has 1 saturated heterocycles. The molecule has 120 valence electrons. The van der Waals surface area contributed by atoms with E-state index in [1.165, 1.54) is 0 Å². The fourth-order valence-corrected chi connectivity index (χ4v) is 3.20. The Bertz CT molecular complexity index is 535. The van der Waals surface area contributed by atoms with Gasteiger partial charge in [-0.25, -0.2) is 0 Å². The van der Waals surface area contributed by atoms with Gasteiger partial charge in [-0.3, -0.25) is 9.69 Å². The largest absolute Gasteiger partial charge is 0.490 e. The van der Waals surface area contributed by atoms with Gasteiger partial charge in [-0.05, 0) is 43.4 Å². The normalized spacial score (nSPS) is 25.5. The molecule has 1 aromatic carbocycles. The Kier molecular flexibility index (Phi) is 4.64. The van der Waals surface area contributed by atoms with Crippen LogP contribution < -0.4 is 10.5 Å². The standard InChI is InChI=1S/C17H24N2O3/c1-12-2-3-14(10-16(12)17(18)20)22-15-8-13(9-15)11-19-4-6-21-7-5-19/h2-3,10,13,15H,4-9,11H2,1H3,(H2,18,20). The highest BCUT2D eigenvalue weighted by atomic mass is 16.5. The summed E-state index contributed by atoms with van der Waals surface area (Å²) in [6, 6.07) is 5.56. The Morgan fingerprint density at radius 1 is 1.36 bits per heavy atom. The van der Waals surface area contributed by atoms with Gasteiger partial charge in [0, 0.05) is 25.2 Å². The Balaban J connectivity index is 1.47. The number of carbonyl (C=O) groups excluding carboxylic acids is 1. The summed E-state index contributed by atoms with van der Waals surface area (Å²) in [7, 11) is 0. The molecular weight excluding hydrogens is 280 g/mol. The Hall–Kier alpha value is -1.59.